The molecule has 1 unspecified atom stereocenters. The average Bonchev–Trinajstić information content (AvgIpc) is 2.98. The fourth-order valence-electron chi connectivity index (χ4n) is 2.11. The molecule has 2 heterocycles. The van der Waals surface area contributed by atoms with E-state index in [-0.39, 0.29) is 11.9 Å². The number of hydrogen-bond acceptors (Lipinski definition) is 3. The van der Waals surface area contributed by atoms with Crippen molar-refractivity contribution in [1.82, 2.24) is 24.9 Å². The molecule has 0 saturated carbocycles. The molecule has 2 rings (SSSR count). The molecule has 0 aliphatic carbocycles. The maximum absolute atomic E-state index is 12.1. The third kappa shape index (κ3) is 3.89. The molecule has 0 aliphatic heterocycles. The van der Waals surface area contributed by atoms with Gasteiger partial charge in [-0.3, -0.25) is 14.2 Å². The SMILES string of the molecule is Cc1nn(CCCNC(=O)C(C)n2ncc(Cl)c2C)cc1Br. The summed E-state index contributed by atoms with van der Waals surface area (Å²) in [7, 11) is 0. The topological polar surface area (TPSA) is 64.7 Å². The predicted molar refractivity (Wildman–Crippen MR) is 89.0 cm³/mol. The van der Waals surface area contributed by atoms with Crippen LogP contribution >= 0.6 is 27.5 Å². The van der Waals surface area contributed by atoms with Crippen LogP contribution in [0, 0.1) is 13.8 Å². The van der Waals surface area contributed by atoms with Gasteiger partial charge in [-0.15, -0.1) is 0 Å². The van der Waals surface area contributed by atoms with Crippen LogP contribution in [0.15, 0.2) is 16.9 Å². The summed E-state index contributed by atoms with van der Waals surface area (Å²) < 4.78 is 4.49. The molecular formula is C14H19BrClN5O. The van der Waals surface area contributed by atoms with Gasteiger partial charge in [-0.2, -0.15) is 10.2 Å². The second-order valence-electron chi connectivity index (χ2n) is 5.17. The highest BCUT2D eigenvalue weighted by atomic mass is 79.9. The predicted octanol–water partition coefficient (Wildman–Crippen LogP) is 2.88. The minimum Gasteiger partial charge on any atom is -0.354 e. The van der Waals surface area contributed by atoms with Crippen molar-refractivity contribution in [1.29, 1.82) is 0 Å². The molecule has 1 N–H and O–H groups in total. The zero-order chi connectivity index (χ0) is 16.3. The third-order valence-electron chi connectivity index (χ3n) is 3.48. The minimum atomic E-state index is -0.381. The molecule has 0 spiro atoms. The van der Waals surface area contributed by atoms with E-state index < -0.39 is 0 Å². The smallest absolute Gasteiger partial charge is 0.244 e. The van der Waals surface area contributed by atoms with E-state index in [9.17, 15) is 4.79 Å². The van der Waals surface area contributed by atoms with Crippen LogP contribution < -0.4 is 5.32 Å². The van der Waals surface area contributed by atoms with Gasteiger partial charge in [0.15, 0.2) is 0 Å². The van der Waals surface area contributed by atoms with Gasteiger partial charge in [-0.25, -0.2) is 0 Å². The molecule has 8 heteroatoms. The maximum Gasteiger partial charge on any atom is 0.244 e. The highest BCUT2D eigenvalue weighted by molar-refractivity contribution is 9.10. The molecule has 0 bridgehead atoms. The van der Waals surface area contributed by atoms with Gasteiger partial charge in [0.25, 0.3) is 0 Å². The van der Waals surface area contributed by atoms with Crippen LogP contribution in [0.25, 0.3) is 0 Å². The molecule has 6 nitrogen and oxygen atoms in total. The van der Waals surface area contributed by atoms with Crippen molar-refractivity contribution in [3.05, 3.63) is 33.3 Å². The number of carbonyl (C=O) groups excluding carboxylic acids is 1. The lowest BCUT2D eigenvalue weighted by Gasteiger charge is -2.14. The first-order valence-electron chi connectivity index (χ1n) is 7.07. The highest BCUT2D eigenvalue weighted by Gasteiger charge is 2.18. The fraction of sp³-hybridized carbons (Fsp3) is 0.500. The van der Waals surface area contributed by atoms with Crippen molar-refractivity contribution in [2.24, 2.45) is 0 Å². The van der Waals surface area contributed by atoms with E-state index in [0.29, 0.717) is 11.6 Å². The summed E-state index contributed by atoms with van der Waals surface area (Å²) in [6.45, 7) is 6.94. The summed E-state index contributed by atoms with van der Waals surface area (Å²) >= 11 is 9.39. The summed E-state index contributed by atoms with van der Waals surface area (Å²) in [6, 6.07) is -0.381. The van der Waals surface area contributed by atoms with Crippen LogP contribution in [0.3, 0.4) is 0 Å². The van der Waals surface area contributed by atoms with E-state index in [2.05, 4.69) is 31.4 Å². The van der Waals surface area contributed by atoms with E-state index in [1.807, 2.05) is 24.7 Å². The van der Waals surface area contributed by atoms with Gasteiger partial charge in [-0.1, -0.05) is 11.6 Å². The zero-order valence-corrected chi connectivity index (χ0v) is 15.1. The fourth-order valence-corrected chi connectivity index (χ4v) is 2.56. The van der Waals surface area contributed by atoms with Crippen molar-refractivity contribution < 1.29 is 4.79 Å². The number of aryl methyl sites for hydroxylation is 2. The second kappa shape index (κ2) is 7.28. The average molecular weight is 389 g/mol. The summed E-state index contributed by atoms with van der Waals surface area (Å²) in [5.41, 5.74) is 1.75. The van der Waals surface area contributed by atoms with E-state index in [1.54, 1.807) is 17.8 Å². The summed E-state index contributed by atoms with van der Waals surface area (Å²) in [5.74, 6) is -0.0688. The van der Waals surface area contributed by atoms with Gasteiger partial charge < -0.3 is 5.32 Å². The Hall–Kier alpha value is -1.34. The Balaban J connectivity index is 1.79. The van der Waals surface area contributed by atoms with Crippen LogP contribution in [0.1, 0.15) is 30.8 Å². The molecule has 0 fully saturated rings. The zero-order valence-electron chi connectivity index (χ0n) is 12.8. The van der Waals surface area contributed by atoms with Gasteiger partial charge >= 0.3 is 0 Å². The number of aromatic nitrogens is 4. The number of nitrogens with one attached hydrogen (secondary N) is 1. The normalized spacial score (nSPS) is 12.4. The number of carbonyl (C=O) groups is 1. The van der Waals surface area contributed by atoms with Crippen molar-refractivity contribution in [2.75, 3.05) is 6.54 Å². The number of hydrogen-bond donors (Lipinski definition) is 1. The Bertz CT molecular complexity index is 647. The molecule has 0 saturated heterocycles. The van der Waals surface area contributed by atoms with Gasteiger partial charge in [0.2, 0.25) is 5.91 Å². The Labute approximate surface area is 143 Å². The highest BCUT2D eigenvalue weighted by Crippen LogP contribution is 2.17. The largest absolute Gasteiger partial charge is 0.354 e. The minimum absolute atomic E-state index is 0.0688. The second-order valence-corrected chi connectivity index (χ2v) is 6.43. The van der Waals surface area contributed by atoms with Gasteiger partial charge in [-0.05, 0) is 43.1 Å². The first-order chi connectivity index (χ1) is 10.4. The van der Waals surface area contributed by atoms with E-state index >= 15 is 0 Å². The molecule has 2 aromatic rings. The molecular weight excluding hydrogens is 370 g/mol. The lowest BCUT2D eigenvalue weighted by Crippen LogP contribution is -2.33. The third-order valence-corrected chi connectivity index (χ3v) is 4.63. The van der Waals surface area contributed by atoms with Crippen molar-refractivity contribution in [2.45, 2.75) is 39.8 Å². The van der Waals surface area contributed by atoms with Crippen LogP contribution in [0.2, 0.25) is 5.02 Å². The van der Waals surface area contributed by atoms with Crippen molar-refractivity contribution >= 4 is 33.4 Å². The van der Waals surface area contributed by atoms with E-state index in [1.165, 1.54) is 0 Å². The number of amides is 1. The van der Waals surface area contributed by atoms with Gasteiger partial charge in [0, 0.05) is 19.3 Å². The lowest BCUT2D eigenvalue weighted by atomic mass is 10.3. The summed E-state index contributed by atoms with van der Waals surface area (Å²) in [5, 5.41) is 12.0. The van der Waals surface area contributed by atoms with Crippen molar-refractivity contribution in [3.8, 4) is 0 Å². The van der Waals surface area contributed by atoms with Crippen LogP contribution in [0.4, 0.5) is 0 Å². The molecule has 120 valence electrons. The maximum atomic E-state index is 12.1. The Morgan fingerprint density at radius 3 is 2.77 bits per heavy atom. The standard InChI is InChI=1S/C14H19BrClN5O/c1-9-12(15)8-20(19-9)6-4-5-17-14(22)11(3)21-10(2)13(16)7-18-21/h7-8,11H,4-6H2,1-3H3,(H,17,22). The monoisotopic (exact) mass is 387 g/mol. The molecule has 1 atom stereocenters. The number of halogens is 2. The molecule has 1 amide bonds. The van der Waals surface area contributed by atoms with Crippen molar-refractivity contribution in [3.63, 3.8) is 0 Å². The lowest BCUT2D eigenvalue weighted by molar-refractivity contribution is -0.124. The van der Waals surface area contributed by atoms with Crippen LogP contribution in [-0.2, 0) is 11.3 Å². The van der Waals surface area contributed by atoms with Crippen LogP contribution in [0.5, 0.6) is 0 Å². The summed E-state index contributed by atoms with van der Waals surface area (Å²) in [4.78, 5) is 12.1. The molecule has 0 aliphatic rings. The summed E-state index contributed by atoms with van der Waals surface area (Å²) in [6.07, 6.45) is 4.30. The van der Waals surface area contributed by atoms with E-state index in [4.69, 9.17) is 11.6 Å². The number of rotatable bonds is 6. The van der Waals surface area contributed by atoms with E-state index in [0.717, 1.165) is 28.8 Å². The number of nitrogens with zero attached hydrogens (tertiary/aromatic N) is 4. The van der Waals surface area contributed by atoms with Crippen LogP contribution in [-0.4, -0.2) is 32.0 Å². The quantitative estimate of drug-likeness (QED) is 0.774. The Morgan fingerprint density at radius 1 is 1.50 bits per heavy atom. The Morgan fingerprint density at radius 2 is 2.23 bits per heavy atom. The molecule has 0 aromatic carbocycles. The molecule has 0 radical (unpaired) electrons. The molecule has 22 heavy (non-hydrogen) atoms. The molecule has 2 aromatic heterocycles. The first-order valence-corrected chi connectivity index (χ1v) is 8.24. The van der Waals surface area contributed by atoms with Gasteiger partial charge in [0.05, 0.1) is 27.1 Å². The first kappa shape index (κ1) is 17.0. The Kier molecular flexibility index (Phi) is 5.63. The van der Waals surface area contributed by atoms with Gasteiger partial charge in [0.1, 0.15) is 6.04 Å².